The number of piperidine rings is 1. The predicted molar refractivity (Wildman–Crippen MR) is 119 cm³/mol. The summed E-state index contributed by atoms with van der Waals surface area (Å²) < 4.78 is 10.6. The van der Waals surface area contributed by atoms with E-state index >= 15 is 0 Å². The summed E-state index contributed by atoms with van der Waals surface area (Å²) in [5.41, 5.74) is 1.70. The highest BCUT2D eigenvalue weighted by Gasteiger charge is 2.42. The molecule has 2 fully saturated rings. The first-order valence-electron chi connectivity index (χ1n) is 11.0. The molecule has 2 aliphatic rings. The third-order valence-corrected chi connectivity index (χ3v) is 6.44. The van der Waals surface area contributed by atoms with Crippen molar-refractivity contribution in [2.24, 2.45) is 5.92 Å². The lowest BCUT2D eigenvalue weighted by atomic mass is 9.83. The minimum atomic E-state index is -0.373. The first-order valence-corrected chi connectivity index (χ1v) is 11.0. The second kappa shape index (κ2) is 9.41. The maximum absolute atomic E-state index is 13.4. The molecule has 0 bridgehead atoms. The van der Waals surface area contributed by atoms with E-state index in [0.717, 1.165) is 48.4 Å². The van der Waals surface area contributed by atoms with Crippen LogP contribution in [0.1, 0.15) is 50.1 Å². The van der Waals surface area contributed by atoms with Gasteiger partial charge in [-0.25, -0.2) is 0 Å². The first kappa shape index (κ1) is 21.2. The average molecular weight is 423 g/mol. The zero-order chi connectivity index (χ0) is 21.8. The van der Waals surface area contributed by atoms with Gasteiger partial charge in [-0.05, 0) is 61.2 Å². The Kier molecular flexibility index (Phi) is 6.44. The molecule has 1 aliphatic carbocycles. The number of rotatable bonds is 6. The Morgan fingerprint density at radius 3 is 2.06 bits per heavy atom. The lowest BCUT2D eigenvalue weighted by Gasteiger charge is -2.41. The van der Waals surface area contributed by atoms with Crippen molar-refractivity contribution >= 4 is 17.5 Å². The van der Waals surface area contributed by atoms with Crippen LogP contribution in [-0.4, -0.2) is 32.1 Å². The number of anilines is 1. The molecule has 2 aromatic carbocycles. The molecule has 164 valence electrons. The molecule has 2 atom stereocenters. The highest BCUT2D eigenvalue weighted by molar-refractivity contribution is 5.97. The van der Waals surface area contributed by atoms with Gasteiger partial charge in [-0.2, -0.15) is 0 Å². The maximum atomic E-state index is 13.4. The van der Waals surface area contributed by atoms with Crippen LogP contribution in [0.4, 0.5) is 5.69 Å². The van der Waals surface area contributed by atoms with Gasteiger partial charge in [0.1, 0.15) is 11.5 Å². The Balaban J connectivity index is 1.70. The zero-order valence-corrected chi connectivity index (χ0v) is 18.2. The van der Waals surface area contributed by atoms with Crippen molar-refractivity contribution in [3.63, 3.8) is 0 Å². The van der Waals surface area contributed by atoms with E-state index in [-0.39, 0.29) is 29.8 Å². The fraction of sp³-hybridized carbons (Fsp3) is 0.440. The molecule has 6 nitrogen and oxygen atoms in total. The Labute approximate surface area is 183 Å². The van der Waals surface area contributed by atoms with Gasteiger partial charge in [0.25, 0.3) is 0 Å². The number of ether oxygens (including phenoxy) is 2. The number of carbonyl (C=O) groups is 2. The van der Waals surface area contributed by atoms with Gasteiger partial charge in [-0.1, -0.05) is 25.0 Å². The third kappa shape index (κ3) is 4.53. The van der Waals surface area contributed by atoms with Crippen molar-refractivity contribution in [3.05, 3.63) is 54.1 Å². The summed E-state index contributed by atoms with van der Waals surface area (Å²) in [5, 5.41) is 3.25. The number of hydrogen-bond acceptors (Lipinski definition) is 4. The quantitative estimate of drug-likeness (QED) is 0.756. The molecule has 0 radical (unpaired) electrons. The summed E-state index contributed by atoms with van der Waals surface area (Å²) in [6.07, 6.45) is 5.28. The number of carbonyl (C=O) groups excluding carboxylic acids is 2. The highest BCUT2D eigenvalue weighted by Crippen LogP contribution is 2.41. The molecule has 0 spiro atoms. The zero-order valence-electron chi connectivity index (χ0n) is 18.2. The van der Waals surface area contributed by atoms with Crippen LogP contribution >= 0.6 is 0 Å². The monoisotopic (exact) mass is 422 g/mol. The van der Waals surface area contributed by atoms with Gasteiger partial charge < -0.3 is 19.7 Å². The largest absolute Gasteiger partial charge is 0.497 e. The highest BCUT2D eigenvalue weighted by atomic mass is 16.5. The van der Waals surface area contributed by atoms with E-state index in [1.165, 1.54) is 0 Å². The van der Waals surface area contributed by atoms with Crippen LogP contribution in [0.2, 0.25) is 0 Å². The van der Waals surface area contributed by atoms with E-state index in [1.54, 1.807) is 19.1 Å². The van der Waals surface area contributed by atoms with Crippen LogP contribution in [0, 0.1) is 5.92 Å². The normalized spacial score (nSPS) is 21.7. The van der Waals surface area contributed by atoms with E-state index in [1.807, 2.05) is 48.5 Å². The van der Waals surface area contributed by atoms with Crippen LogP contribution in [0.5, 0.6) is 11.5 Å². The molecule has 31 heavy (non-hydrogen) atoms. The Hall–Kier alpha value is -3.02. The summed E-state index contributed by atoms with van der Waals surface area (Å²) >= 11 is 0. The number of amides is 2. The first-order chi connectivity index (χ1) is 15.1. The Morgan fingerprint density at radius 1 is 0.903 bits per heavy atom. The van der Waals surface area contributed by atoms with Crippen LogP contribution in [0.3, 0.4) is 0 Å². The topological polar surface area (TPSA) is 67.9 Å². The van der Waals surface area contributed by atoms with E-state index in [2.05, 4.69) is 5.32 Å². The minimum absolute atomic E-state index is 0.0240. The number of methoxy groups -OCH3 is 2. The molecular formula is C25H30N2O4. The molecule has 6 heteroatoms. The molecule has 2 unspecified atom stereocenters. The van der Waals surface area contributed by atoms with E-state index < -0.39 is 0 Å². The van der Waals surface area contributed by atoms with Crippen molar-refractivity contribution in [1.29, 1.82) is 0 Å². The molecule has 1 heterocycles. The fourth-order valence-corrected chi connectivity index (χ4v) is 4.78. The second-order valence-corrected chi connectivity index (χ2v) is 8.31. The van der Waals surface area contributed by atoms with E-state index in [0.29, 0.717) is 12.8 Å². The smallest absolute Gasteiger partial charge is 0.227 e. The van der Waals surface area contributed by atoms with Crippen molar-refractivity contribution in [3.8, 4) is 11.5 Å². The molecule has 2 aromatic rings. The second-order valence-electron chi connectivity index (χ2n) is 8.31. The van der Waals surface area contributed by atoms with Gasteiger partial charge in [-0.15, -0.1) is 0 Å². The minimum Gasteiger partial charge on any atom is -0.497 e. The van der Waals surface area contributed by atoms with Crippen LogP contribution in [0.25, 0.3) is 0 Å². The summed E-state index contributed by atoms with van der Waals surface area (Å²) in [4.78, 5) is 28.2. The van der Waals surface area contributed by atoms with Gasteiger partial charge in [-0.3, -0.25) is 9.59 Å². The molecule has 1 N–H and O–H groups in total. The maximum Gasteiger partial charge on any atom is 0.227 e. The fourth-order valence-electron chi connectivity index (χ4n) is 4.78. The van der Waals surface area contributed by atoms with Crippen molar-refractivity contribution in [2.45, 2.75) is 50.6 Å². The third-order valence-electron chi connectivity index (χ3n) is 6.44. The Bertz CT molecular complexity index is 904. The van der Waals surface area contributed by atoms with Crippen molar-refractivity contribution in [1.82, 2.24) is 5.32 Å². The van der Waals surface area contributed by atoms with Crippen LogP contribution in [0.15, 0.2) is 48.5 Å². The van der Waals surface area contributed by atoms with Crippen LogP contribution < -0.4 is 19.7 Å². The van der Waals surface area contributed by atoms with Gasteiger partial charge >= 0.3 is 0 Å². The van der Waals surface area contributed by atoms with Gasteiger partial charge in [0, 0.05) is 18.2 Å². The van der Waals surface area contributed by atoms with E-state index in [4.69, 9.17) is 9.47 Å². The molecule has 1 saturated carbocycles. The number of nitrogens with zero attached hydrogens (tertiary/aromatic N) is 1. The summed E-state index contributed by atoms with van der Waals surface area (Å²) in [5.74, 6) is 1.22. The predicted octanol–water partition coefficient (Wildman–Crippen LogP) is 4.25. The number of benzene rings is 2. The van der Waals surface area contributed by atoms with Gasteiger partial charge in [0.15, 0.2) is 0 Å². The summed E-state index contributed by atoms with van der Waals surface area (Å²) in [7, 11) is 3.24. The number of hydrogen-bond donors (Lipinski definition) is 1. The van der Waals surface area contributed by atoms with E-state index in [9.17, 15) is 9.59 Å². The molecule has 0 aromatic heterocycles. The summed E-state index contributed by atoms with van der Waals surface area (Å²) in [6.45, 7) is 0. The van der Waals surface area contributed by atoms with Gasteiger partial charge in [0.05, 0.1) is 26.2 Å². The molecule has 1 aliphatic heterocycles. The molecule has 1 saturated heterocycles. The SMILES string of the molecule is COc1ccc(C2C(C(=O)NC3CCCC3)CCC(=O)N2c2ccc(OC)cc2)cc1. The lowest BCUT2D eigenvalue weighted by molar-refractivity contribution is -0.129. The van der Waals surface area contributed by atoms with Gasteiger partial charge in [0.2, 0.25) is 11.8 Å². The molecular weight excluding hydrogens is 392 g/mol. The standard InChI is InChI=1S/C25H30N2O4/c1-30-20-11-7-17(8-12-20)24-22(25(29)26-18-5-3-4-6-18)15-16-23(28)27(24)19-9-13-21(31-2)14-10-19/h7-14,18,22,24H,3-6,15-16H2,1-2H3,(H,26,29). The lowest BCUT2D eigenvalue weighted by Crippen LogP contribution is -2.49. The van der Waals surface area contributed by atoms with Crippen LogP contribution in [-0.2, 0) is 9.59 Å². The summed E-state index contributed by atoms with van der Waals surface area (Å²) in [6, 6.07) is 15.0. The average Bonchev–Trinajstić information content (AvgIpc) is 3.32. The molecule has 2 amide bonds. The Morgan fingerprint density at radius 2 is 1.48 bits per heavy atom. The van der Waals surface area contributed by atoms with Crippen molar-refractivity contribution < 1.29 is 19.1 Å². The number of nitrogens with one attached hydrogen (secondary N) is 1. The van der Waals surface area contributed by atoms with Crippen molar-refractivity contribution in [2.75, 3.05) is 19.1 Å². The molecule has 4 rings (SSSR count).